The standard InChI is InChI=1S/C20H24N4O2.H2/c1-5-7-15(21-6-2)18(25)22-13-8-9-14-16(10-13)23-17-11-20(3,4)12-24(17)19(14)26;/h5,7-10H,6,11-12H2,1-4H3,(H,22,25);1H/b7-5-,21-15?;. The van der Waals surface area contributed by atoms with Crippen molar-refractivity contribution in [3.8, 4) is 0 Å². The maximum Gasteiger partial charge on any atom is 0.273 e. The molecule has 6 nitrogen and oxygen atoms in total. The van der Waals surface area contributed by atoms with Crippen LogP contribution in [-0.4, -0.2) is 27.7 Å². The molecule has 1 aromatic carbocycles. The maximum absolute atomic E-state index is 12.7. The minimum atomic E-state index is -0.275. The van der Waals surface area contributed by atoms with Gasteiger partial charge in [0.05, 0.1) is 10.9 Å². The monoisotopic (exact) mass is 354 g/mol. The van der Waals surface area contributed by atoms with Crippen LogP contribution in [0.5, 0.6) is 0 Å². The van der Waals surface area contributed by atoms with Gasteiger partial charge < -0.3 is 5.32 Å². The van der Waals surface area contributed by atoms with Crippen molar-refractivity contribution in [2.75, 3.05) is 11.9 Å². The minimum absolute atomic E-state index is 0. The summed E-state index contributed by atoms with van der Waals surface area (Å²) in [4.78, 5) is 34.0. The highest BCUT2D eigenvalue weighted by atomic mass is 16.2. The van der Waals surface area contributed by atoms with Crippen molar-refractivity contribution in [2.45, 2.75) is 40.7 Å². The lowest BCUT2D eigenvalue weighted by atomic mass is 9.92. The maximum atomic E-state index is 12.7. The Bertz CT molecular complexity index is 989. The molecule has 3 rings (SSSR count). The van der Waals surface area contributed by atoms with Gasteiger partial charge in [-0.15, -0.1) is 0 Å². The van der Waals surface area contributed by atoms with Crippen molar-refractivity contribution in [3.63, 3.8) is 0 Å². The Labute approximate surface area is 154 Å². The fourth-order valence-corrected chi connectivity index (χ4v) is 3.28. The first-order valence-electron chi connectivity index (χ1n) is 8.86. The number of allylic oxidation sites excluding steroid dienone is 1. The number of anilines is 1. The molecule has 26 heavy (non-hydrogen) atoms. The first kappa shape index (κ1) is 18.0. The first-order valence-corrected chi connectivity index (χ1v) is 8.86. The minimum Gasteiger partial charge on any atom is -0.321 e. The van der Waals surface area contributed by atoms with Crippen LogP contribution in [0.3, 0.4) is 0 Å². The number of amides is 1. The zero-order valence-electron chi connectivity index (χ0n) is 15.7. The molecule has 2 aromatic rings. The van der Waals surface area contributed by atoms with Gasteiger partial charge in [-0.2, -0.15) is 0 Å². The van der Waals surface area contributed by atoms with Crippen LogP contribution in [0.1, 0.15) is 34.9 Å². The Morgan fingerprint density at radius 1 is 1.46 bits per heavy atom. The molecule has 1 amide bonds. The molecule has 0 saturated carbocycles. The summed E-state index contributed by atoms with van der Waals surface area (Å²) in [5.41, 5.74) is 1.60. The van der Waals surface area contributed by atoms with E-state index in [0.717, 1.165) is 12.2 Å². The summed E-state index contributed by atoms with van der Waals surface area (Å²) in [7, 11) is 0. The van der Waals surface area contributed by atoms with E-state index in [4.69, 9.17) is 0 Å². The average Bonchev–Trinajstić information content (AvgIpc) is 2.89. The highest BCUT2D eigenvalue weighted by molar-refractivity contribution is 6.47. The molecular weight excluding hydrogens is 328 g/mol. The lowest BCUT2D eigenvalue weighted by molar-refractivity contribution is -0.110. The Balaban J connectivity index is 0.00000261. The number of aromatic nitrogens is 2. The van der Waals surface area contributed by atoms with Gasteiger partial charge in [-0.05, 0) is 43.5 Å². The van der Waals surface area contributed by atoms with Crippen molar-refractivity contribution < 1.29 is 6.22 Å². The number of carbonyl (C=O) groups is 1. The zero-order valence-corrected chi connectivity index (χ0v) is 15.7. The second-order valence-electron chi connectivity index (χ2n) is 7.31. The highest BCUT2D eigenvalue weighted by Gasteiger charge is 2.30. The highest BCUT2D eigenvalue weighted by Crippen LogP contribution is 2.30. The third kappa shape index (κ3) is 3.45. The zero-order chi connectivity index (χ0) is 18.9. The van der Waals surface area contributed by atoms with Crippen LogP contribution >= 0.6 is 0 Å². The van der Waals surface area contributed by atoms with Crippen molar-refractivity contribution >= 4 is 28.2 Å². The average molecular weight is 354 g/mol. The van der Waals surface area contributed by atoms with Gasteiger partial charge in [0, 0.05) is 26.6 Å². The molecule has 1 N–H and O–H groups in total. The Morgan fingerprint density at radius 3 is 2.92 bits per heavy atom. The van der Waals surface area contributed by atoms with Crippen LogP contribution < -0.4 is 10.9 Å². The Morgan fingerprint density at radius 2 is 2.23 bits per heavy atom. The van der Waals surface area contributed by atoms with Gasteiger partial charge in [0.25, 0.3) is 11.5 Å². The Hall–Kier alpha value is -2.76. The quantitative estimate of drug-likeness (QED) is 0.857. The fourth-order valence-electron chi connectivity index (χ4n) is 3.28. The fraction of sp³-hybridized carbons (Fsp3) is 0.400. The van der Waals surface area contributed by atoms with E-state index in [0.29, 0.717) is 35.4 Å². The topological polar surface area (TPSA) is 76.3 Å². The number of fused-ring (bicyclic) bond motifs is 2. The van der Waals surface area contributed by atoms with Crippen molar-refractivity contribution in [1.82, 2.24) is 9.55 Å². The first-order chi connectivity index (χ1) is 12.3. The van der Waals surface area contributed by atoms with E-state index in [1.165, 1.54) is 0 Å². The summed E-state index contributed by atoms with van der Waals surface area (Å²) in [6.07, 6.45) is 4.23. The van der Waals surface area contributed by atoms with Gasteiger partial charge in [0.1, 0.15) is 11.5 Å². The molecule has 1 aliphatic rings. The molecule has 0 saturated heterocycles. The van der Waals surface area contributed by atoms with Crippen LogP contribution in [0.15, 0.2) is 40.1 Å². The molecule has 0 radical (unpaired) electrons. The molecule has 138 valence electrons. The third-order valence-corrected chi connectivity index (χ3v) is 4.40. The molecule has 0 fully saturated rings. The summed E-state index contributed by atoms with van der Waals surface area (Å²) >= 11 is 0. The van der Waals surface area contributed by atoms with Crippen LogP contribution in [-0.2, 0) is 17.8 Å². The molecule has 0 unspecified atom stereocenters. The van der Waals surface area contributed by atoms with Gasteiger partial charge in [0.15, 0.2) is 0 Å². The summed E-state index contributed by atoms with van der Waals surface area (Å²) in [6, 6.07) is 5.21. The third-order valence-electron chi connectivity index (χ3n) is 4.40. The van der Waals surface area contributed by atoms with E-state index >= 15 is 0 Å². The van der Waals surface area contributed by atoms with Crippen LogP contribution in [0, 0.1) is 5.41 Å². The number of nitrogens with zero attached hydrogens (tertiary/aromatic N) is 3. The largest absolute Gasteiger partial charge is 0.321 e. The van der Waals surface area contributed by atoms with Gasteiger partial charge in [0.2, 0.25) is 0 Å². The second kappa shape index (κ2) is 6.86. The predicted molar refractivity (Wildman–Crippen MR) is 107 cm³/mol. The normalized spacial score (nSPS) is 16.2. The van der Waals surface area contributed by atoms with Crippen LogP contribution in [0.2, 0.25) is 0 Å². The lowest BCUT2D eigenvalue weighted by Gasteiger charge is -2.13. The van der Waals surface area contributed by atoms with Crippen LogP contribution in [0.4, 0.5) is 5.69 Å². The summed E-state index contributed by atoms with van der Waals surface area (Å²) < 4.78 is 1.76. The van der Waals surface area contributed by atoms with Gasteiger partial charge in [-0.1, -0.05) is 19.9 Å². The van der Waals surface area contributed by atoms with E-state index in [2.05, 4.69) is 29.1 Å². The molecule has 6 heteroatoms. The predicted octanol–water partition coefficient (Wildman–Crippen LogP) is 3.20. The molecular formula is C20H26N4O2. The van der Waals surface area contributed by atoms with E-state index in [9.17, 15) is 9.59 Å². The van der Waals surface area contributed by atoms with Gasteiger partial charge in [-0.25, -0.2) is 4.98 Å². The van der Waals surface area contributed by atoms with Crippen molar-refractivity contribution in [1.29, 1.82) is 0 Å². The Kier molecular flexibility index (Phi) is 4.76. The number of aliphatic imine (C=N–C) groups is 1. The smallest absolute Gasteiger partial charge is 0.273 e. The van der Waals surface area contributed by atoms with Crippen molar-refractivity contribution in [2.24, 2.45) is 10.4 Å². The molecule has 0 bridgehead atoms. The van der Waals surface area contributed by atoms with Crippen LogP contribution in [0.25, 0.3) is 10.9 Å². The van der Waals surface area contributed by atoms with E-state index < -0.39 is 0 Å². The number of hydrogen-bond acceptors (Lipinski definition) is 4. The second-order valence-corrected chi connectivity index (χ2v) is 7.31. The number of hydrogen-bond donors (Lipinski definition) is 1. The number of carbonyl (C=O) groups excluding carboxylic acids is 1. The SMILES string of the molecule is C/C=C\C(=NCC)C(=O)Nc1ccc2c(=O)n3c(nc2c1)CC(C)(C)C3.[HH]. The molecule has 1 aromatic heterocycles. The van der Waals surface area contributed by atoms with Gasteiger partial charge >= 0.3 is 0 Å². The number of benzene rings is 1. The molecule has 0 atom stereocenters. The molecule has 0 spiro atoms. The number of rotatable bonds is 4. The van der Waals surface area contributed by atoms with E-state index in [1.54, 1.807) is 34.9 Å². The van der Waals surface area contributed by atoms with Crippen molar-refractivity contribution in [3.05, 3.63) is 46.5 Å². The van der Waals surface area contributed by atoms with Gasteiger partial charge in [-0.3, -0.25) is 19.1 Å². The lowest BCUT2D eigenvalue weighted by Crippen LogP contribution is -2.23. The molecule has 1 aliphatic heterocycles. The number of nitrogens with one attached hydrogen (secondary N) is 1. The molecule has 0 aliphatic carbocycles. The summed E-state index contributed by atoms with van der Waals surface area (Å²) in [5, 5.41) is 3.41. The van der Waals surface area contributed by atoms with E-state index in [-0.39, 0.29) is 18.3 Å². The molecule has 2 heterocycles. The summed E-state index contributed by atoms with van der Waals surface area (Å²) in [5.74, 6) is 0.529. The summed E-state index contributed by atoms with van der Waals surface area (Å²) in [6.45, 7) is 9.20. The van der Waals surface area contributed by atoms with E-state index in [1.807, 2.05) is 13.8 Å².